The minimum atomic E-state index is -0.144. The first-order valence-corrected chi connectivity index (χ1v) is 6.74. The highest BCUT2D eigenvalue weighted by Gasteiger charge is 2.21. The van der Waals surface area contributed by atoms with E-state index in [1.165, 1.54) is 32.5 Å². The van der Waals surface area contributed by atoms with Crippen LogP contribution < -0.4 is 0 Å². The zero-order valence-corrected chi connectivity index (χ0v) is 11.2. The van der Waals surface area contributed by atoms with Crippen LogP contribution >= 0.6 is 0 Å². The summed E-state index contributed by atoms with van der Waals surface area (Å²) in [6.07, 6.45) is 4.43. The molecule has 96 valence electrons. The predicted octanol–water partition coefficient (Wildman–Crippen LogP) is 1.56. The second kappa shape index (κ2) is 7.25. The molecule has 1 fully saturated rings. The molecular weight excluding hydrogens is 200 g/mol. The summed E-state index contributed by atoms with van der Waals surface area (Å²) in [5.41, 5.74) is 0. The Morgan fingerprint density at radius 1 is 1.38 bits per heavy atom. The molecule has 0 aromatic rings. The highest BCUT2D eigenvalue weighted by Crippen LogP contribution is 2.13. The van der Waals surface area contributed by atoms with Crippen LogP contribution in [-0.2, 0) is 0 Å². The van der Waals surface area contributed by atoms with Crippen LogP contribution in [0.3, 0.4) is 0 Å². The van der Waals surface area contributed by atoms with Crippen LogP contribution in [-0.4, -0.2) is 60.3 Å². The zero-order valence-electron chi connectivity index (χ0n) is 11.2. The number of aliphatic hydroxyl groups is 1. The van der Waals surface area contributed by atoms with E-state index in [0.29, 0.717) is 6.04 Å². The maximum Gasteiger partial charge on any atom is 0.0512 e. The lowest BCUT2D eigenvalue weighted by molar-refractivity contribution is 0.151. The van der Waals surface area contributed by atoms with Gasteiger partial charge in [0.15, 0.2) is 0 Å². The Morgan fingerprint density at radius 2 is 2.12 bits per heavy atom. The number of rotatable bonds is 5. The third kappa shape index (κ3) is 4.81. The topological polar surface area (TPSA) is 26.7 Å². The van der Waals surface area contributed by atoms with Crippen molar-refractivity contribution in [3.05, 3.63) is 0 Å². The van der Waals surface area contributed by atoms with Crippen molar-refractivity contribution < 1.29 is 5.11 Å². The largest absolute Gasteiger partial charge is 0.393 e. The summed E-state index contributed by atoms with van der Waals surface area (Å²) in [4.78, 5) is 5.06. The third-order valence-corrected chi connectivity index (χ3v) is 3.56. The monoisotopic (exact) mass is 228 g/mol. The first kappa shape index (κ1) is 13.9. The standard InChI is InChI=1S/C13H28N2O/c1-4-13-11-14(3)8-6-10-15(13)9-5-7-12(2)16/h12-13,16H,4-11H2,1-3H3. The lowest BCUT2D eigenvalue weighted by Gasteiger charge is -2.30. The Morgan fingerprint density at radius 3 is 2.75 bits per heavy atom. The summed E-state index contributed by atoms with van der Waals surface area (Å²) in [5, 5.41) is 9.28. The lowest BCUT2D eigenvalue weighted by Crippen LogP contribution is -2.40. The molecule has 2 atom stereocenters. The molecule has 0 amide bonds. The molecule has 2 unspecified atom stereocenters. The first-order chi connectivity index (χ1) is 7.63. The van der Waals surface area contributed by atoms with Crippen molar-refractivity contribution in [1.29, 1.82) is 0 Å². The fourth-order valence-corrected chi connectivity index (χ4v) is 2.56. The van der Waals surface area contributed by atoms with Crippen LogP contribution in [0.2, 0.25) is 0 Å². The van der Waals surface area contributed by atoms with Gasteiger partial charge in [-0.1, -0.05) is 6.92 Å². The summed E-state index contributed by atoms with van der Waals surface area (Å²) in [5.74, 6) is 0. The molecule has 0 aliphatic carbocycles. The van der Waals surface area contributed by atoms with Gasteiger partial charge in [0.1, 0.15) is 0 Å². The fourth-order valence-electron chi connectivity index (χ4n) is 2.56. The van der Waals surface area contributed by atoms with E-state index >= 15 is 0 Å². The zero-order chi connectivity index (χ0) is 12.0. The number of aliphatic hydroxyl groups excluding tert-OH is 1. The smallest absolute Gasteiger partial charge is 0.0512 e. The van der Waals surface area contributed by atoms with Gasteiger partial charge in [0.2, 0.25) is 0 Å². The Kier molecular flexibility index (Phi) is 6.32. The second-order valence-corrected chi connectivity index (χ2v) is 5.21. The van der Waals surface area contributed by atoms with Crippen molar-refractivity contribution in [2.24, 2.45) is 0 Å². The van der Waals surface area contributed by atoms with Crippen LogP contribution in [0.4, 0.5) is 0 Å². The molecule has 1 saturated heterocycles. The summed E-state index contributed by atoms with van der Waals surface area (Å²) in [6, 6.07) is 0.710. The number of likely N-dealkylation sites (N-methyl/N-ethyl adjacent to an activating group) is 1. The maximum atomic E-state index is 9.28. The van der Waals surface area contributed by atoms with Crippen molar-refractivity contribution >= 4 is 0 Å². The summed E-state index contributed by atoms with van der Waals surface area (Å²) in [6.45, 7) is 8.97. The average Bonchev–Trinajstić information content (AvgIpc) is 2.40. The molecule has 0 spiro atoms. The van der Waals surface area contributed by atoms with E-state index in [2.05, 4.69) is 23.8 Å². The maximum absolute atomic E-state index is 9.28. The first-order valence-electron chi connectivity index (χ1n) is 6.74. The molecule has 1 aliphatic heterocycles. The van der Waals surface area contributed by atoms with Gasteiger partial charge in [-0.2, -0.15) is 0 Å². The Bertz CT molecular complexity index is 185. The van der Waals surface area contributed by atoms with Crippen molar-refractivity contribution in [3.63, 3.8) is 0 Å². The SMILES string of the molecule is CCC1CN(C)CCCN1CCCC(C)O. The molecule has 3 heteroatoms. The minimum Gasteiger partial charge on any atom is -0.393 e. The van der Waals surface area contributed by atoms with E-state index in [9.17, 15) is 5.11 Å². The number of hydrogen-bond donors (Lipinski definition) is 1. The van der Waals surface area contributed by atoms with E-state index in [0.717, 1.165) is 19.4 Å². The van der Waals surface area contributed by atoms with E-state index in [1.807, 2.05) is 6.92 Å². The lowest BCUT2D eigenvalue weighted by atomic mass is 10.1. The van der Waals surface area contributed by atoms with Crippen LogP contribution in [0.5, 0.6) is 0 Å². The van der Waals surface area contributed by atoms with Gasteiger partial charge in [-0.25, -0.2) is 0 Å². The highest BCUT2D eigenvalue weighted by molar-refractivity contribution is 4.77. The van der Waals surface area contributed by atoms with Gasteiger partial charge < -0.3 is 10.0 Å². The quantitative estimate of drug-likeness (QED) is 0.773. The van der Waals surface area contributed by atoms with Gasteiger partial charge >= 0.3 is 0 Å². The summed E-state index contributed by atoms with van der Waals surface area (Å²) in [7, 11) is 2.22. The number of hydrogen-bond acceptors (Lipinski definition) is 3. The fraction of sp³-hybridized carbons (Fsp3) is 1.00. The van der Waals surface area contributed by atoms with E-state index in [-0.39, 0.29) is 6.10 Å². The second-order valence-electron chi connectivity index (χ2n) is 5.21. The van der Waals surface area contributed by atoms with Gasteiger partial charge in [0.25, 0.3) is 0 Å². The molecule has 1 rings (SSSR count). The van der Waals surface area contributed by atoms with E-state index in [1.54, 1.807) is 0 Å². The van der Waals surface area contributed by atoms with Gasteiger partial charge in [-0.15, -0.1) is 0 Å². The molecule has 3 nitrogen and oxygen atoms in total. The molecule has 1 aliphatic rings. The molecule has 0 aromatic carbocycles. The van der Waals surface area contributed by atoms with Crippen molar-refractivity contribution in [2.45, 2.75) is 51.7 Å². The molecule has 1 N–H and O–H groups in total. The van der Waals surface area contributed by atoms with Gasteiger partial charge in [-0.3, -0.25) is 4.90 Å². The molecule has 0 aromatic heterocycles. The van der Waals surface area contributed by atoms with E-state index < -0.39 is 0 Å². The summed E-state index contributed by atoms with van der Waals surface area (Å²) < 4.78 is 0. The minimum absolute atomic E-state index is 0.144. The van der Waals surface area contributed by atoms with Crippen LogP contribution in [0.15, 0.2) is 0 Å². The molecule has 0 bridgehead atoms. The molecule has 0 saturated carbocycles. The number of nitrogens with zero attached hydrogens (tertiary/aromatic N) is 2. The predicted molar refractivity (Wildman–Crippen MR) is 68.7 cm³/mol. The third-order valence-electron chi connectivity index (χ3n) is 3.56. The molecule has 0 radical (unpaired) electrons. The molecule has 1 heterocycles. The molecular formula is C13H28N2O. The Labute approximate surface area is 100 Å². The van der Waals surface area contributed by atoms with Crippen LogP contribution in [0, 0.1) is 0 Å². The van der Waals surface area contributed by atoms with Crippen LogP contribution in [0.25, 0.3) is 0 Å². The van der Waals surface area contributed by atoms with Crippen molar-refractivity contribution in [1.82, 2.24) is 9.80 Å². The van der Waals surface area contributed by atoms with E-state index in [4.69, 9.17) is 0 Å². The van der Waals surface area contributed by atoms with Gasteiger partial charge in [0.05, 0.1) is 6.10 Å². The highest BCUT2D eigenvalue weighted by atomic mass is 16.3. The Hall–Kier alpha value is -0.120. The summed E-state index contributed by atoms with van der Waals surface area (Å²) >= 11 is 0. The van der Waals surface area contributed by atoms with Crippen molar-refractivity contribution in [2.75, 3.05) is 33.2 Å². The van der Waals surface area contributed by atoms with Crippen LogP contribution in [0.1, 0.15) is 39.5 Å². The normalized spacial score (nSPS) is 26.6. The van der Waals surface area contributed by atoms with Gasteiger partial charge in [-0.05, 0) is 59.3 Å². The average molecular weight is 228 g/mol. The Balaban J connectivity index is 2.36. The van der Waals surface area contributed by atoms with Gasteiger partial charge in [0, 0.05) is 12.6 Å². The molecule has 16 heavy (non-hydrogen) atoms. The van der Waals surface area contributed by atoms with Crippen molar-refractivity contribution in [3.8, 4) is 0 Å².